The molecule has 5 nitrogen and oxygen atoms in total. The number of alkyl halides is 3. The van der Waals surface area contributed by atoms with Crippen LogP contribution in [-0.4, -0.2) is 42.9 Å². The highest BCUT2D eigenvalue weighted by Gasteiger charge is 2.34. The van der Waals surface area contributed by atoms with Crippen molar-refractivity contribution in [1.82, 2.24) is 10.2 Å². The molecule has 0 aromatic heterocycles. The minimum absolute atomic E-state index is 0. The fourth-order valence-corrected chi connectivity index (χ4v) is 3.44. The summed E-state index contributed by atoms with van der Waals surface area (Å²) < 4.78 is 39.0. The summed E-state index contributed by atoms with van der Waals surface area (Å²) in [5.41, 5.74) is 4.98. The highest BCUT2D eigenvalue weighted by atomic mass is 35.5. The molecule has 2 atom stereocenters. The molecule has 2 rings (SSSR count). The van der Waals surface area contributed by atoms with Crippen LogP contribution in [-0.2, 0) is 15.8 Å². The van der Waals surface area contributed by atoms with Gasteiger partial charge < -0.3 is 16.0 Å². The minimum Gasteiger partial charge on any atom is -0.355 e. The average Bonchev–Trinajstić information content (AvgIpc) is 2.66. The van der Waals surface area contributed by atoms with Gasteiger partial charge in [0.2, 0.25) is 11.8 Å². The van der Waals surface area contributed by atoms with E-state index in [2.05, 4.69) is 5.32 Å². The highest BCUT2D eigenvalue weighted by Crippen LogP contribution is 2.33. The summed E-state index contributed by atoms with van der Waals surface area (Å²) in [5.74, 6) is -1.33. The van der Waals surface area contributed by atoms with Gasteiger partial charge in [-0.25, -0.2) is 0 Å². The molecule has 1 fully saturated rings. The molecule has 1 aliphatic heterocycles. The lowest BCUT2D eigenvalue weighted by molar-refractivity contribution is -0.139. The van der Waals surface area contributed by atoms with Crippen molar-refractivity contribution >= 4 is 24.2 Å². The molecule has 0 spiro atoms. The molecule has 1 saturated heterocycles. The molecule has 0 bridgehead atoms. The van der Waals surface area contributed by atoms with Crippen molar-refractivity contribution in [3.05, 3.63) is 35.4 Å². The number of nitrogens with two attached hydrogens (primary N) is 1. The number of hydrogen-bond acceptors (Lipinski definition) is 3. The summed E-state index contributed by atoms with van der Waals surface area (Å²) in [5, 5.41) is 2.73. The number of nitrogens with zero attached hydrogens (tertiary/aromatic N) is 1. The second-order valence-electron chi connectivity index (χ2n) is 6.79. The van der Waals surface area contributed by atoms with Crippen molar-refractivity contribution in [2.75, 3.05) is 26.2 Å². The molecule has 158 valence electrons. The van der Waals surface area contributed by atoms with Gasteiger partial charge in [-0.05, 0) is 30.9 Å². The zero-order valence-electron chi connectivity index (χ0n) is 15.8. The van der Waals surface area contributed by atoms with E-state index in [9.17, 15) is 22.8 Å². The van der Waals surface area contributed by atoms with E-state index in [1.165, 1.54) is 6.07 Å². The van der Waals surface area contributed by atoms with Crippen molar-refractivity contribution < 1.29 is 22.8 Å². The number of nitrogens with one attached hydrogen (secondary N) is 1. The molecule has 2 unspecified atom stereocenters. The van der Waals surface area contributed by atoms with Gasteiger partial charge in [-0.3, -0.25) is 9.59 Å². The SMILES string of the molecule is CCC(C(=O)N1CCCC(C(=O)NCCN)C1)c1cccc(C(F)(F)F)c1.Cl. The molecule has 0 saturated carbocycles. The molecule has 1 aromatic carbocycles. The molecule has 2 amide bonds. The normalized spacial score (nSPS) is 18.2. The van der Waals surface area contributed by atoms with Crippen LogP contribution < -0.4 is 11.1 Å². The van der Waals surface area contributed by atoms with Gasteiger partial charge in [-0.2, -0.15) is 13.2 Å². The lowest BCUT2D eigenvalue weighted by atomic mass is 9.91. The van der Waals surface area contributed by atoms with Gasteiger partial charge in [0.05, 0.1) is 17.4 Å². The quantitative estimate of drug-likeness (QED) is 0.741. The van der Waals surface area contributed by atoms with Crippen molar-refractivity contribution in [2.24, 2.45) is 11.7 Å². The maximum absolute atomic E-state index is 13.0. The van der Waals surface area contributed by atoms with E-state index in [1.807, 2.05) is 0 Å². The van der Waals surface area contributed by atoms with Crippen molar-refractivity contribution in [3.63, 3.8) is 0 Å². The first-order valence-electron chi connectivity index (χ1n) is 9.21. The summed E-state index contributed by atoms with van der Waals surface area (Å²) in [4.78, 5) is 26.7. The molecule has 28 heavy (non-hydrogen) atoms. The number of carbonyl (C=O) groups excluding carboxylic acids is 2. The Balaban J connectivity index is 0.00000392. The number of amides is 2. The Morgan fingerprint density at radius 1 is 1.36 bits per heavy atom. The first-order chi connectivity index (χ1) is 12.8. The highest BCUT2D eigenvalue weighted by molar-refractivity contribution is 5.86. The molecule has 1 heterocycles. The Morgan fingerprint density at radius 2 is 2.07 bits per heavy atom. The molecular formula is C19H27ClF3N3O2. The van der Waals surface area contributed by atoms with Crippen LogP contribution in [0.5, 0.6) is 0 Å². The van der Waals surface area contributed by atoms with Gasteiger partial charge in [-0.1, -0.05) is 25.1 Å². The number of rotatable bonds is 6. The standard InChI is InChI=1S/C19H26F3N3O2.ClH/c1-2-16(13-5-3-7-15(11-13)19(20,21)22)18(27)25-10-4-6-14(12-25)17(26)24-9-8-23;/h3,5,7,11,14,16H,2,4,6,8-10,12,23H2,1H3,(H,24,26);1H. The minimum atomic E-state index is -4.45. The van der Waals surface area contributed by atoms with E-state index in [1.54, 1.807) is 17.9 Å². The molecule has 0 radical (unpaired) electrons. The number of halogens is 4. The fraction of sp³-hybridized carbons (Fsp3) is 0.579. The maximum Gasteiger partial charge on any atom is 0.416 e. The zero-order chi connectivity index (χ0) is 20.0. The third-order valence-corrected chi connectivity index (χ3v) is 4.87. The van der Waals surface area contributed by atoms with Gasteiger partial charge in [0, 0.05) is 26.2 Å². The van der Waals surface area contributed by atoms with Gasteiger partial charge >= 0.3 is 6.18 Å². The summed E-state index contributed by atoms with van der Waals surface area (Å²) in [6.45, 7) is 3.29. The maximum atomic E-state index is 13.0. The first-order valence-corrected chi connectivity index (χ1v) is 9.21. The smallest absolute Gasteiger partial charge is 0.355 e. The summed E-state index contributed by atoms with van der Waals surface area (Å²) in [6, 6.07) is 4.92. The predicted octanol–water partition coefficient (Wildman–Crippen LogP) is 2.93. The van der Waals surface area contributed by atoms with E-state index in [-0.39, 0.29) is 36.7 Å². The lowest BCUT2D eigenvalue weighted by Crippen LogP contribution is -2.47. The number of likely N-dealkylation sites (tertiary alicyclic amines) is 1. The topological polar surface area (TPSA) is 75.4 Å². The molecule has 1 aromatic rings. The van der Waals surface area contributed by atoms with E-state index < -0.39 is 17.7 Å². The lowest BCUT2D eigenvalue weighted by Gasteiger charge is -2.34. The van der Waals surface area contributed by atoms with Crippen molar-refractivity contribution in [1.29, 1.82) is 0 Å². The van der Waals surface area contributed by atoms with Crippen LogP contribution >= 0.6 is 12.4 Å². The van der Waals surface area contributed by atoms with Gasteiger partial charge in [0.1, 0.15) is 0 Å². The summed E-state index contributed by atoms with van der Waals surface area (Å²) >= 11 is 0. The van der Waals surface area contributed by atoms with Crippen molar-refractivity contribution in [2.45, 2.75) is 38.3 Å². The number of hydrogen-bond donors (Lipinski definition) is 2. The average molecular weight is 422 g/mol. The van der Waals surface area contributed by atoms with Crippen LogP contribution in [0.25, 0.3) is 0 Å². The van der Waals surface area contributed by atoms with Crippen LogP contribution in [0.15, 0.2) is 24.3 Å². The van der Waals surface area contributed by atoms with Gasteiger partial charge in [0.15, 0.2) is 0 Å². The van der Waals surface area contributed by atoms with Gasteiger partial charge in [0.25, 0.3) is 0 Å². The Morgan fingerprint density at radius 3 is 2.68 bits per heavy atom. The van der Waals surface area contributed by atoms with Crippen LogP contribution in [0.2, 0.25) is 0 Å². The predicted molar refractivity (Wildman–Crippen MR) is 103 cm³/mol. The second kappa shape index (κ2) is 10.7. The monoisotopic (exact) mass is 421 g/mol. The molecular weight excluding hydrogens is 395 g/mol. The Hall–Kier alpha value is -1.80. The molecule has 9 heteroatoms. The number of carbonyl (C=O) groups is 2. The van der Waals surface area contributed by atoms with E-state index in [0.29, 0.717) is 44.5 Å². The van der Waals surface area contributed by atoms with E-state index in [4.69, 9.17) is 5.73 Å². The first kappa shape index (κ1) is 24.2. The Kier molecular flexibility index (Phi) is 9.23. The summed E-state index contributed by atoms with van der Waals surface area (Å²) in [7, 11) is 0. The molecule has 0 aliphatic carbocycles. The van der Waals surface area contributed by atoms with Crippen molar-refractivity contribution in [3.8, 4) is 0 Å². The van der Waals surface area contributed by atoms with Gasteiger partial charge in [-0.15, -0.1) is 12.4 Å². The van der Waals surface area contributed by atoms with Crippen LogP contribution in [0.4, 0.5) is 13.2 Å². The summed E-state index contributed by atoms with van der Waals surface area (Å²) in [6.07, 6.45) is -2.69. The third kappa shape index (κ3) is 6.10. The molecule has 1 aliphatic rings. The van der Waals surface area contributed by atoms with Crippen LogP contribution in [0, 0.1) is 5.92 Å². The van der Waals surface area contributed by atoms with Crippen LogP contribution in [0.3, 0.4) is 0 Å². The van der Waals surface area contributed by atoms with E-state index in [0.717, 1.165) is 12.1 Å². The number of piperidine rings is 1. The van der Waals surface area contributed by atoms with E-state index >= 15 is 0 Å². The van der Waals surface area contributed by atoms with Crippen LogP contribution in [0.1, 0.15) is 43.2 Å². The zero-order valence-corrected chi connectivity index (χ0v) is 16.6. The Bertz CT molecular complexity index is 670. The molecule has 3 N–H and O–H groups in total. The fourth-order valence-electron chi connectivity index (χ4n) is 3.44. The number of benzene rings is 1. The third-order valence-electron chi connectivity index (χ3n) is 4.87. The second-order valence-corrected chi connectivity index (χ2v) is 6.79. The largest absolute Gasteiger partial charge is 0.416 e. The Labute approximate surface area is 169 Å².